The summed E-state index contributed by atoms with van der Waals surface area (Å²) in [6, 6.07) is 9.68. The van der Waals surface area contributed by atoms with Gasteiger partial charge < -0.3 is 20.3 Å². The maximum absolute atomic E-state index is 14.8. The number of fused-ring (bicyclic) bond motifs is 7. The number of hydrogen-bond donors (Lipinski definition) is 3. The van der Waals surface area contributed by atoms with Gasteiger partial charge in [0.2, 0.25) is 0 Å². The third-order valence-corrected chi connectivity index (χ3v) is 19.8. The summed E-state index contributed by atoms with van der Waals surface area (Å²) in [4.78, 5) is 13.4. The Labute approximate surface area is 356 Å². The van der Waals surface area contributed by atoms with Crippen molar-refractivity contribution in [3.05, 3.63) is 71.3 Å². The SMILES string of the molecule is C=C(C)[C@@H]1CCC2(NCCC3(O)CCC(C)(O)CC3)CC[C@]3(C)C(CC[C@@H]4C5(C)CC=C(C6=CC[C@](CF)(C(=O)OCc7ccccc7)CC6)C(C)(C)C5CC[C@]43C)[C@@H]12. The molecule has 0 saturated heterocycles. The Hall–Kier alpha value is -2.28. The van der Waals surface area contributed by atoms with Crippen molar-refractivity contribution in [1.29, 1.82) is 0 Å². The molecule has 6 heteroatoms. The fourth-order valence-electron chi connectivity index (χ4n) is 16.0. The number of ether oxygens (including phenoxy) is 1. The number of carbonyl (C=O) groups excluding carboxylic acids is 1. The van der Waals surface area contributed by atoms with Crippen molar-refractivity contribution in [3.8, 4) is 0 Å². The average molecular weight is 812 g/mol. The number of hydrogen-bond acceptors (Lipinski definition) is 5. The van der Waals surface area contributed by atoms with E-state index in [0.29, 0.717) is 74.5 Å². The molecule has 0 spiro atoms. The van der Waals surface area contributed by atoms with Gasteiger partial charge in [0.1, 0.15) is 13.3 Å². The predicted octanol–water partition coefficient (Wildman–Crippen LogP) is 11.8. The first-order valence-electron chi connectivity index (χ1n) is 23.8. The fraction of sp³-hybridized carbons (Fsp3) is 0.755. The van der Waals surface area contributed by atoms with Crippen LogP contribution in [-0.4, -0.2) is 46.1 Å². The molecule has 7 aliphatic rings. The van der Waals surface area contributed by atoms with Crippen molar-refractivity contribution < 1.29 is 24.1 Å². The lowest BCUT2D eigenvalue weighted by atomic mass is 9.33. The second-order valence-electron chi connectivity index (χ2n) is 23.2. The van der Waals surface area contributed by atoms with Gasteiger partial charge in [-0.15, -0.1) is 0 Å². The summed E-state index contributed by atoms with van der Waals surface area (Å²) in [5.41, 5.74) is 3.41. The monoisotopic (exact) mass is 812 g/mol. The van der Waals surface area contributed by atoms with Crippen LogP contribution < -0.4 is 5.32 Å². The number of benzene rings is 1. The molecule has 0 aliphatic heterocycles. The molecule has 1 aromatic carbocycles. The topological polar surface area (TPSA) is 78.8 Å². The molecule has 59 heavy (non-hydrogen) atoms. The molecule has 0 heterocycles. The number of allylic oxidation sites excluding steroid dienone is 5. The summed E-state index contributed by atoms with van der Waals surface area (Å²) in [6.07, 6.45) is 20.9. The molecule has 10 atom stereocenters. The Morgan fingerprint density at radius 3 is 2.22 bits per heavy atom. The van der Waals surface area contributed by atoms with E-state index in [4.69, 9.17) is 4.74 Å². The lowest BCUT2D eigenvalue weighted by Crippen LogP contribution is -2.68. The molecule has 8 rings (SSSR count). The summed E-state index contributed by atoms with van der Waals surface area (Å²) >= 11 is 0. The van der Waals surface area contributed by atoms with Gasteiger partial charge >= 0.3 is 5.97 Å². The van der Waals surface area contributed by atoms with Gasteiger partial charge in [-0.05, 0) is 198 Å². The van der Waals surface area contributed by atoms with Crippen LogP contribution in [0.4, 0.5) is 4.39 Å². The van der Waals surface area contributed by atoms with Crippen molar-refractivity contribution in [1.82, 2.24) is 5.32 Å². The van der Waals surface area contributed by atoms with E-state index in [2.05, 4.69) is 65.6 Å². The molecular formula is C53H78FNO4. The van der Waals surface area contributed by atoms with E-state index < -0.39 is 29.3 Å². The van der Waals surface area contributed by atoms with Crippen molar-refractivity contribution in [2.75, 3.05) is 13.2 Å². The van der Waals surface area contributed by atoms with Crippen LogP contribution in [0.3, 0.4) is 0 Å². The zero-order valence-electron chi connectivity index (χ0n) is 37.9. The lowest BCUT2D eigenvalue weighted by molar-refractivity contribution is -0.221. The minimum atomic E-state index is -1.10. The number of rotatable bonds is 10. The van der Waals surface area contributed by atoms with Gasteiger partial charge in [0.15, 0.2) is 0 Å². The highest BCUT2D eigenvalue weighted by atomic mass is 19.1. The standard InChI is InChI=1S/C53H78FNO4/c1-36(2)39-18-25-53(55-33-32-52(58)29-26-47(5,57)27-30-52)31-28-49(7)41(44(39)53)14-15-43-48(6)21-19-40(46(3,4)42(48)20-22-50(43,49)8)38-16-23-51(35-54,24-17-38)45(56)59-34-37-12-10-9-11-13-37/h9-13,16,19,39,41-44,55,57-58H,1,14-15,17-18,20-35H2,2-8H3/t39-,41?,42?,43+,44+,47?,48?,49+,50+,51-,52?,53?/m0/s1. The van der Waals surface area contributed by atoms with Crippen LogP contribution in [0.2, 0.25) is 0 Å². The molecule has 0 amide bonds. The smallest absolute Gasteiger partial charge is 0.315 e. The van der Waals surface area contributed by atoms with Gasteiger partial charge in [-0.1, -0.05) is 89.3 Å². The van der Waals surface area contributed by atoms with E-state index in [0.717, 1.165) is 24.9 Å². The summed E-state index contributed by atoms with van der Waals surface area (Å²) in [6.45, 7) is 22.2. The van der Waals surface area contributed by atoms with Crippen LogP contribution in [-0.2, 0) is 16.1 Å². The third kappa shape index (κ3) is 7.08. The van der Waals surface area contributed by atoms with Crippen LogP contribution in [0, 0.1) is 56.7 Å². The van der Waals surface area contributed by atoms with Gasteiger partial charge in [-0.2, -0.15) is 0 Å². The Balaban J connectivity index is 0.997. The number of nitrogens with one attached hydrogen (secondary N) is 1. The van der Waals surface area contributed by atoms with Crippen molar-refractivity contribution in [2.45, 2.75) is 181 Å². The normalized spacial score (nSPS) is 45.2. The highest BCUT2D eigenvalue weighted by Gasteiger charge is 2.70. The Kier molecular flexibility index (Phi) is 11.2. The minimum Gasteiger partial charge on any atom is -0.460 e. The number of alkyl halides is 1. The number of halogens is 1. The molecule has 0 bridgehead atoms. The first-order valence-corrected chi connectivity index (χ1v) is 23.8. The van der Waals surface area contributed by atoms with Crippen molar-refractivity contribution in [3.63, 3.8) is 0 Å². The first-order chi connectivity index (χ1) is 27.8. The fourth-order valence-corrected chi connectivity index (χ4v) is 16.0. The Morgan fingerprint density at radius 2 is 1.56 bits per heavy atom. The van der Waals surface area contributed by atoms with E-state index in [1.807, 2.05) is 37.3 Å². The van der Waals surface area contributed by atoms with Gasteiger partial charge in [0, 0.05) is 5.54 Å². The lowest BCUT2D eigenvalue weighted by Gasteiger charge is -2.72. The number of carbonyl (C=O) groups is 1. The number of aliphatic hydroxyl groups is 2. The van der Waals surface area contributed by atoms with Crippen LogP contribution >= 0.6 is 0 Å². The maximum atomic E-state index is 14.8. The van der Waals surface area contributed by atoms with Crippen LogP contribution in [0.1, 0.15) is 163 Å². The first kappa shape index (κ1) is 43.4. The van der Waals surface area contributed by atoms with Gasteiger partial charge in [-0.25, -0.2) is 4.39 Å². The molecule has 0 aromatic heterocycles. The second-order valence-corrected chi connectivity index (χ2v) is 23.2. The summed E-state index contributed by atoms with van der Waals surface area (Å²) in [7, 11) is 0. The average Bonchev–Trinajstić information content (AvgIpc) is 3.59. The molecular weight excluding hydrogens is 734 g/mol. The zero-order chi connectivity index (χ0) is 42.3. The Morgan fingerprint density at radius 1 is 0.831 bits per heavy atom. The quantitative estimate of drug-likeness (QED) is 0.162. The summed E-state index contributed by atoms with van der Waals surface area (Å²) < 4.78 is 20.5. The van der Waals surface area contributed by atoms with E-state index in [1.165, 1.54) is 68.1 Å². The minimum absolute atomic E-state index is 0.0121. The molecule has 326 valence electrons. The van der Waals surface area contributed by atoms with Crippen molar-refractivity contribution in [2.24, 2.45) is 56.7 Å². The van der Waals surface area contributed by atoms with E-state index in [1.54, 1.807) is 0 Å². The number of esters is 1. The third-order valence-electron chi connectivity index (χ3n) is 19.8. The second kappa shape index (κ2) is 15.2. The largest absolute Gasteiger partial charge is 0.460 e. The highest BCUT2D eigenvalue weighted by molar-refractivity contribution is 5.78. The van der Waals surface area contributed by atoms with Gasteiger partial charge in [0.05, 0.1) is 16.6 Å². The Bertz CT molecular complexity index is 1820. The van der Waals surface area contributed by atoms with E-state index in [-0.39, 0.29) is 33.8 Å². The van der Waals surface area contributed by atoms with Crippen LogP contribution in [0.5, 0.6) is 0 Å². The van der Waals surface area contributed by atoms with E-state index >= 15 is 0 Å². The predicted molar refractivity (Wildman–Crippen MR) is 236 cm³/mol. The molecule has 3 N–H and O–H groups in total. The van der Waals surface area contributed by atoms with Crippen molar-refractivity contribution >= 4 is 5.97 Å². The van der Waals surface area contributed by atoms with Crippen LogP contribution in [0.25, 0.3) is 0 Å². The summed E-state index contributed by atoms with van der Waals surface area (Å²) in [5.74, 6) is 2.56. The molecule has 0 radical (unpaired) electrons. The van der Waals surface area contributed by atoms with Gasteiger partial charge in [0.25, 0.3) is 0 Å². The molecule has 5 fully saturated rings. The molecule has 1 aromatic rings. The highest BCUT2D eigenvalue weighted by Crippen LogP contribution is 2.76. The molecule has 5 nitrogen and oxygen atoms in total. The van der Waals surface area contributed by atoms with Crippen LogP contribution in [0.15, 0.2) is 65.8 Å². The zero-order valence-corrected chi connectivity index (χ0v) is 37.9. The maximum Gasteiger partial charge on any atom is 0.315 e. The summed E-state index contributed by atoms with van der Waals surface area (Å²) in [5, 5.41) is 26.3. The molecule has 4 unspecified atom stereocenters. The molecule has 7 aliphatic carbocycles. The van der Waals surface area contributed by atoms with E-state index in [9.17, 15) is 19.4 Å². The molecule has 5 saturated carbocycles. The van der Waals surface area contributed by atoms with Gasteiger partial charge in [-0.3, -0.25) is 4.79 Å².